The van der Waals surface area contributed by atoms with Gasteiger partial charge in [-0.1, -0.05) is 43.7 Å². The van der Waals surface area contributed by atoms with E-state index >= 15 is 0 Å². The molecule has 0 bridgehead atoms. The van der Waals surface area contributed by atoms with E-state index in [4.69, 9.17) is 9.47 Å². The van der Waals surface area contributed by atoms with Gasteiger partial charge in [0.2, 0.25) is 0 Å². The molecule has 0 spiro atoms. The van der Waals surface area contributed by atoms with Crippen LogP contribution in [0.5, 0.6) is 0 Å². The van der Waals surface area contributed by atoms with Crippen LogP contribution in [0.15, 0.2) is 43.0 Å². The number of imidazole rings is 1. The molecule has 1 aliphatic rings. The largest absolute Gasteiger partial charge is 0.347 e. The van der Waals surface area contributed by atoms with Gasteiger partial charge in [-0.3, -0.25) is 0 Å². The molecule has 0 radical (unpaired) electrons. The third-order valence-corrected chi connectivity index (χ3v) is 5.36. The molecule has 0 N–H and O–H groups in total. The third-order valence-electron chi connectivity index (χ3n) is 5.36. The van der Waals surface area contributed by atoms with E-state index in [1.807, 2.05) is 17.1 Å². The lowest BCUT2D eigenvalue weighted by molar-refractivity contribution is -0.310. The molecule has 24 heavy (non-hydrogen) atoms. The second-order valence-corrected chi connectivity index (χ2v) is 7.09. The van der Waals surface area contributed by atoms with Crippen LogP contribution in [0.25, 0.3) is 0 Å². The van der Waals surface area contributed by atoms with Crippen molar-refractivity contribution in [3.05, 3.63) is 54.1 Å². The molecule has 0 saturated carbocycles. The molecule has 1 aliphatic heterocycles. The van der Waals surface area contributed by atoms with Crippen molar-refractivity contribution >= 4 is 0 Å². The fraction of sp³-hybridized carbons (Fsp3) is 0.550. The van der Waals surface area contributed by atoms with Gasteiger partial charge in [0.25, 0.3) is 0 Å². The van der Waals surface area contributed by atoms with Gasteiger partial charge in [0.1, 0.15) is 0 Å². The maximum Gasteiger partial charge on any atom is 0.190 e. The molecule has 1 fully saturated rings. The number of nitrogens with zero attached hydrogens (tertiary/aromatic N) is 2. The van der Waals surface area contributed by atoms with Crippen molar-refractivity contribution in [2.24, 2.45) is 5.41 Å². The zero-order valence-corrected chi connectivity index (χ0v) is 15.0. The van der Waals surface area contributed by atoms with E-state index < -0.39 is 5.79 Å². The molecule has 0 aliphatic carbocycles. The summed E-state index contributed by atoms with van der Waals surface area (Å²) < 4.78 is 14.8. The quantitative estimate of drug-likeness (QED) is 0.804. The molecule has 2 aromatic rings. The standard InChI is InChI=1S/C20H28N2O2/c1-4-19(5-2)14-23-20(24-15-19,13-22-11-10-21-16-22)12-18-8-6-17(3)7-9-18/h6-11,16H,4-5,12-15H2,1-3H3. The van der Waals surface area contributed by atoms with Crippen molar-refractivity contribution in [1.29, 1.82) is 0 Å². The van der Waals surface area contributed by atoms with Gasteiger partial charge in [0.05, 0.1) is 26.1 Å². The van der Waals surface area contributed by atoms with E-state index in [2.05, 4.69) is 50.0 Å². The number of hydrogen-bond donors (Lipinski definition) is 0. The Hall–Kier alpha value is -1.65. The van der Waals surface area contributed by atoms with Crippen LogP contribution < -0.4 is 0 Å². The monoisotopic (exact) mass is 328 g/mol. The molecule has 0 atom stereocenters. The molecule has 3 rings (SSSR count). The Morgan fingerprint density at radius 3 is 2.29 bits per heavy atom. The predicted molar refractivity (Wildman–Crippen MR) is 94.8 cm³/mol. The highest BCUT2D eigenvalue weighted by atomic mass is 16.7. The Labute approximate surface area is 144 Å². The van der Waals surface area contributed by atoms with E-state index in [-0.39, 0.29) is 5.41 Å². The minimum absolute atomic E-state index is 0.145. The molecule has 2 heterocycles. The zero-order chi connectivity index (χ0) is 17.0. The van der Waals surface area contributed by atoms with Gasteiger partial charge in [-0.2, -0.15) is 0 Å². The highest BCUT2D eigenvalue weighted by Gasteiger charge is 2.43. The predicted octanol–water partition coefficient (Wildman–Crippen LogP) is 3.98. The lowest BCUT2D eigenvalue weighted by Gasteiger charge is -2.46. The molecule has 4 heteroatoms. The average Bonchev–Trinajstić information content (AvgIpc) is 3.11. The molecule has 130 valence electrons. The first kappa shape index (κ1) is 17.2. The second-order valence-electron chi connectivity index (χ2n) is 7.09. The van der Waals surface area contributed by atoms with Crippen molar-refractivity contribution in [3.63, 3.8) is 0 Å². The molecule has 1 aromatic heterocycles. The van der Waals surface area contributed by atoms with Crippen molar-refractivity contribution in [2.75, 3.05) is 13.2 Å². The molecule has 1 aromatic carbocycles. The van der Waals surface area contributed by atoms with Crippen LogP contribution in [0.1, 0.15) is 37.8 Å². The molecule has 4 nitrogen and oxygen atoms in total. The summed E-state index contributed by atoms with van der Waals surface area (Å²) in [6.45, 7) is 8.71. The fourth-order valence-electron chi connectivity index (χ4n) is 3.24. The summed E-state index contributed by atoms with van der Waals surface area (Å²) in [5, 5.41) is 0. The minimum Gasteiger partial charge on any atom is -0.347 e. The number of benzene rings is 1. The molecule has 0 amide bonds. The number of aryl methyl sites for hydroxylation is 1. The molecular formula is C20H28N2O2. The summed E-state index contributed by atoms with van der Waals surface area (Å²) in [6.07, 6.45) is 8.49. The first-order valence-electron chi connectivity index (χ1n) is 8.88. The van der Waals surface area contributed by atoms with Crippen LogP contribution >= 0.6 is 0 Å². The third kappa shape index (κ3) is 3.70. The highest BCUT2D eigenvalue weighted by Crippen LogP contribution is 2.37. The van der Waals surface area contributed by atoms with E-state index in [1.165, 1.54) is 11.1 Å². The average molecular weight is 328 g/mol. The first-order chi connectivity index (χ1) is 11.6. The molecule has 1 saturated heterocycles. The summed E-state index contributed by atoms with van der Waals surface area (Å²) in [5.41, 5.74) is 2.65. The number of rotatable bonds is 6. The van der Waals surface area contributed by atoms with Crippen LogP contribution in [0, 0.1) is 12.3 Å². The number of hydrogen-bond acceptors (Lipinski definition) is 3. The van der Waals surface area contributed by atoms with Gasteiger partial charge < -0.3 is 14.0 Å². The highest BCUT2D eigenvalue weighted by molar-refractivity contribution is 5.22. The SMILES string of the molecule is CCC1(CC)COC(Cc2ccc(C)cc2)(Cn2ccnc2)OC1. The maximum atomic E-state index is 6.40. The maximum absolute atomic E-state index is 6.40. The van der Waals surface area contributed by atoms with Crippen molar-refractivity contribution in [3.8, 4) is 0 Å². The van der Waals surface area contributed by atoms with Crippen molar-refractivity contribution in [1.82, 2.24) is 9.55 Å². The van der Waals surface area contributed by atoms with Crippen LogP contribution in [0.3, 0.4) is 0 Å². The smallest absolute Gasteiger partial charge is 0.190 e. The van der Waals surface area contributed by atoms with Crippen molar-refractivity contribution in [2.45, 2.75) is 52.4 Å². The van der Waals surface area contributed by atoms with Crippen LogP contribution in [0.4, 0.5) is 0 Å². The van der Waals surface area contributed by atoms with E-state index in [0.29, 0.717) is 6.54 Å². The summed E-state index contributed by atoms with van der Waals surface area (Å²) >= 11 is 0. The molecular weight excluding hydrogens is 300 g/mol. The first-order valence-corrected chi connectivity index (χ1v) is 8.88. The zero-order valence-electron chi connectivity index (χ0n) is 15.0. The van der Waals surface area contributed by atoms with E-state index in [1.54, 1.807) is 6.20 Å². The van der Waals surface area contributed by atoms with Gasteiger partial charge in [0, 0.05) is 24.2 Å². The lowest BCUT2D eigenvalue weighted by atomic mass is 9.83. The Balaban J connectivity index is 1.81. The van der Waals surface area contributed by atoms with Gasteiger partial charge in [0.15, 0.2) is 5.79 Å². The number of ether oxygens (including phenoxy) is 2. The van der Waals surface area contributed by atoms with Crippen LogP contribution in [0.2, 0.25) is 0 Å². The second kappa shape index (κ2) is 7.08. The summed E-state index contributed by atoms with van der Waals surface area (Å²) in [4.78, 5) is 4.15. The van der Waals surface area contributed by atoms with Gasteiger partial charge in [-0.05, 0) is 25.3 Å². The minimum atomic E-state index is -0.621. The van der Waals surface area contributed by atoms with Gasteiger partial charge in [-0.25, -0.2) is 4.98 Å². The normalized spacial score (nSPS) is 19.3. The van der Waals surface area contributed by atoms with Crippen LogP contribution in [-0.4, -0.2) is 28.6 Å². The Morgan fingerprint density at radius 2 is 1.75 bits per heavy atom. The Kier molecular flexibility index (Phi) is 5.07. The van der Waals surface area contributed by atoms with E-state index in [0.717, 1.165) is 32.5 Å². The number of aromatic nitrogens is 2. The summed E-state index contributed by atoms with van der Waals surface area (Å²) in [5.74, 6) is -0.621. The lowest BCUT2D eigenvalue weighted by Crippen LogP contribution is -2.52. The summed E-state index contributed by atoms with van der Waals surface area (Å²) in [6, 6.07) is 8.62. The topological polar surface area (TPSA) is 36.3 Å². The van der Waals surface area contributed by atoms with Crippen LogP contribution in [-0.2, 0) is 22.4 Å². The van der Waals surface area contributed by atoms with E-state index in [9.17, 15) is 0 Å². The summed E-state index contributed by atoms with van der Waals surface area (Å²) in [7, 11) is 0. The van der Waals surface area contributed by atoms with Gasteiger partial charge in [-0.15, -0.1) is 0 Å². The van der Waals surface area contributed by atoms with Gasteiger partial charge >= 0.3 is 0 Å². The molecule has 0 unspecified atom stereocenters. The van der Waals surface area contributed by atoms with Crippen molar-refractivity contribution < 1.29 is 9.47 Å². The Morgan fingerprint density at radius 1 is 1.08 bits per heavy atom. The fourth-order valence-corrected chi connectivity index (χ4v) is 3.24. The Bertz CT molecular complexity index is 620.